The molecule has 1 heterocycles. The molecule has 0 fully saturated rings. The highest BCUT2D eigenvalue weighted by Gasteiger charge is 2.09. The van der Waals surface area contributed by atoms with Crippen LogP contribution in [0.3, 0.4) is 0 Å². The molecule has 1 amide bonds. The molecule has 0 aliphatic rings. The number of thiazole rings is 1. The first kappa shape index (κ1) is 18.9. The summed E-state index contributed by atoms with van der Waals surface area (Å²) in [7, 11) is 0. The van der Waals surface area contributed by atoms with E-state index in [0.717, 1.165) is 27.9 Å². The molecule has 0 saturated heterocycles. The van der Waals surface area contributed by atoms with E-state index in [0.29, 0.717) is 13.2 Å². The Kier molecular flexibility index (Phi) is 6.44. The van der Waals surface area contributed by atoms with Gasteiger partial charge in [-0.25, -0.2) is 4.98 Å². The molecule has 0 bridgehead atoms. The van der Waals surface area contributed by atoms with Crippen LogP contribution in [0.25, 0.3) is 0 Å². The topological polar surface area (TPSA) is 60.5 Å². The van der Waals surface area contributed by atoms with Gasteiger partial charge >= 0.3 is 0 Å². The van der Waals surface area contributed by atoms with Gasteiger partial charge in [0.1, 0.15) is 23.1 Å². The van der Waals surface area contributed by atoms with Gasteiger partial charge in [0, 0.05) is 11.1 Å². The van der Waals surface area contributed by atoms with Crippen molar-refractivity contribution in [1.82, 2.24) is 4.98 Å². The van der Waals surface area contributed by atoms with Crippen LogP contribution in [0, 0.1) is 6.92 Å². The fourth-order valence-electron chi connectivity index (χ4n) is 2.45. The first-order valence-electron chi connectivity index (χ1n) is 8.78. The monoisotopic (exact) mass is 382 g/mol. The highest BCUT2D eigenvalue weighted by atomic mass is 32.1. The standard InChI is InChI=1S/C21H22N2O3S/c1-3-25-18-10-6-16(7-11-18)22-20(24)12-17-14-27-21(23-17)13-26-19-8-4-15(2)5-9-19/h4-11,14H,3,12-13H2,1-2H3,(H,22,24). The van der Waals surface area contributed by atoms with Crippen LogP contribution in [-0.4, -0.2) is 17.5 Å². The van der Waals surface area contributed by atoms with Crippen molar-refractivity contribution in [2.24, 2.45) is 0 Å². The molecule has 1 aromatic heterocycles. The van der Waals surface area contributed by atoms with Gasteiger partial charge in [0.05, 0.1) is 18.7 Å². The molecular formula is C21H22N2O3S. The second-order valence-corrected chi connectivity index (χ2v) is 6.96. The van der Waals surface area contributed by atoms with E-state index in [2.05, 4.69) is 10.3 Å². The summed E-state index contributed by atoms with van der Waals surface area (Å²) in [4.78, 5) is 16.7. The van der Waals surface area contributed by atoms with E-state index in [1.165, 1.54) is 16.9 Å². The quantitative estimate of drug-likeness (QED) is 0.618. The van der Waals surface area contributed by atoms with Crippen LogP contribution in [0.4, 0.5) is 5.69 Å². The van der Waals surface area contributed by atoms with E-state index in [4.69, 9.17) is 9.47 Å². The number of rotatable bonds is 8. The van der Waals surface area contributed by atoms with Gasteiger partial charge in [-0.3, -0.25) is 4.79 Å². The molecule has 0 unspecified atom stereocenters. The van der Waals surface area contributed by atoms with Gasteiger partial charge in [-0.1, -0.05) is 17.7 Å². The van der Waals surface area contributed by atoms with Gasteiger partial charge < -0.3 is 14.8 Å². The lowest BCUT2D eigenvalue weighted by Gasteiger charge is -2.06. The van der Waals surface area contributed by atoms with Crippen LogP contribution in [0.5, 0.6) is 11.5 Å². The van der Waals surface area contributed by atoms with Gasteiger partial charge in [0.15, 0.2) is 0 Å². The summed E-state index contributed by atoms with van der Waals surface area (Å²) in [6.45, 7) is 4.98. The molecule has 0 radical (unpaired) electrons. The molecule has 3 rings (SSSR count). The van der Waals surface area contributed by atoms with Crippen molar-refractivity contribution in [3.05, 3.63) is 70.2 Å². The second-order valence-electron chi connectivity index (χ2n) is 6.02. The first-order valence-corrected chi connectivity index (χ1v) is 9.66. The van der Waals surface area contributed by atoms with Crippen molar-refractivity contribution in [2.75, 3.05) is 11.9 Å². The lowest BCUT2D eigenvalue weighted by atomic mass is 10.2. The van der Waals surface area contributed by atoms with Crippen molar-refractivity contribution in [1.29, 1.82) is 0 Å². The highest BCUT2D eigenvalue weighted by molar-refractivity contribution is 7.09. The third kappa shape index (κ3) is 5.82. The predicted molar refractivity (Wildman–Crippen MR) is 108 cm³/mol. The molecule has 0 spiro atoms. The third-order valence-electron chi connectivity index (χ3n) is 3.77. The lowest BCUT2D eigenvalue weighted by Crippen LogP contribution is -2.14. The minimum absolute atomic E-state index is 0.101. The van der Waals surface area contributed by atoms with E-state index in [1.54, 1.807) is 0 Å². The van der Waals surface area contributed by atoms with Crippen molar-refractivity contribution in [2.45, 2.75) is 26.9 Å². The number of hydrogen-bond donors (Lipinski definition) is 1. The molecule has 6 heteroatoms. The van der Waals surface area contributed by atoms with Crippen LogP contribution in [0.2, 0.25) is 0 Å². The summed E-state index contributed by atoms with van der Waals surface area (Å²) in [5.74, 6) is 1.49. The van der Waals surface area contributed by atoms with Gasteiger partial charge in [-0.05, 0) is 50.2 Å². The Bertz CT molecular complexity index is 873. The van der Waals surface area contributed by atoms with Gasteiger partial charge in [-0.2, -0.15) is 0 Å². The average Bonchev–Trinajstić information content (AvgIpc) is 3.10. The molecule has 140 valence electrons. The Morgan fingerprint density at radius 2 is 1.70 bits per heavy atom. The average molecular weight is 382 g/mol. The first-order chi connectivity index (χ1) is 13.1. The minimum atomic E-state index is -0.101. The normalized spacial score (nSPS) is 10.4. The number of anilines is 1. The Morgan fingerprint density at radius 3 is 2.41 bits per heavy atom. The largest absolute Gasteiger partial charge is 0.494 e. The molecule has 0 aliphatic carbocycles. The summed E-state index contributed by atoms with van der Waals surface area (Å²) in [5.41, 5.74) is 2.67. The fraction of sp³-hybridized carbons (Fsp3) is 0.238. The molecule has 27 heavy (non-hydrogen) atoms. The number of benzene rings is 2. The lowest BCUT2D eigenvalue weighted by molar-refractivity contribution is -0.115. The number of hydrogen-bond acceptors (Lipinski definition) is 5. The van der Waals surface area contributed by atoms with Crippen LogP contribution in [0.15, 0.2) is 53.9 Å². The summed E-state index contributed by atoms with van der Waals surface area (Å²) in [6, 6.07) is 15.2. The Balaban J connectivity index is 1.49. The number of aromatic nitrogens is 1. The Morgan fingerprint density at radius 1 is 1.04 bits per heavy atom. The summed E-state index contributed by atoms with van der Waals surface area (Å²) in [6.07, 6.45) is 0.230. The maximum atomic E-state index is 12.2. The maximum absolute atomic E-state index is 12.2. The van der Waals surface area contributed by atoms with Crippen LogP contribution in [0.1, 0.15) is 23.2 Å². The molecule has 0 saturated carbocycles. The summed E-state index contributed by atoms with van der Waals surface area (Å²) < 4.78 is 11.1. The van der Waals surface area contributed by atoms with Crippen LogP contribution >= 0.6 is 11.3 Å². The van der Waals surface area contributed by atoms with Crippen molar-refractivity contribution in [3.63, 3.8) is 0 Å². The van der Waals surface area contributed by atoms with Gasteiger partial charge in [0.25, 0.3) is 0 Å². The summed E-state index contributed by atoms with van der Waals surface area (Å²) in [5, 5.41) is 5.61. The number of ether oxygens (including phenoxy) is 2. The van der Waals surface area contributed by atoms with E-state index in [1.807, 2.05) is 67.8 Å². The number of carbonyl (C=O) groups is 1. The Hall–Kier alpha value is -2.86. The zero-order valence-electron chi connectivity index (χ0n) is 15.4. The SMILES string of the molecule is CCOc1ccc(NC(=O)Cc2csc(COc3ccc(C)cc3)n2)cc1. The highest BCUT2D eigenvalue weighted by Crippen LogP contribution is 2.18. The molecule has 0 atom stereocenters. The number of nitrogens with one attached hydrogen (secondary N) is 1. The van der Waals surface area contributed by atoms with Crippen LogP contribution < -0.4 is 14.8 Å². The zero-order chi connectivity index (χ0) is 19.1. The summed E-state index contributed by atoms with van der Waals surface area (Å²) >= 11 is 1.50. The molecule has 1 N–H and O–H groups in total. The second kappa shape index (κ2) is 9.19. The maximum Gasteiger partial charge on any atom is 0.230 e. The van der Waals surface area contributed by atoms with E-state index >= 15 is 0 Å². The zero-order valence-corrected chi connectivity index (χ0v) is 16.2. The molecular weight excluding hydrogens is 360 g/mol. The number of nitrogens with zero attached hydrogens (tertiary/aromatic N) is 1. The van der Waals surface area contributed by atoms with Crippen molar-refractivity contribution < 1.29 is 14.3 Å². The fourth-order valence-corrected chi connectivity index (χ4v) is 3.15. The predicted octanol–water partition coefficient (Wildman–Crippen LogP) is 4.61. The van der Waals surface area contributed by atoms with Crippen molar-refractivity contribution in [3.8, 4) is 11.5 Å². The molecule has 2 aromatic carbocycles. The Labute approximate surface area is 163 Å². The molecule has 0 aliphatic heterocycles. The van der Waals surface area contributed by atoms with Gasteiger partial charge in [-0.15, -0.1) is 11.3 Å². The van der Waals surface area contributed by atoms with E-state index in [9.17, 15) is 4.79 Å². The van der Waals surface area contributed by atoms with Crippen LogP contribution in [-0.2, 0) is 17.8 Å². The number of carbonyl (C=O) groups excluding carboxylic acids is 1. The number of aryl methyl sites for hydroxylation is 1. The smallest absolute Gasteiger partial charge is 0.230 e. The molecule has 5 nitrogen and oxygen atoms in total. The van der Waals surface area contributed by atoms with E-state index in [-0.39, 0.29) is 12.3 Å². The van der Waals surface area contributed by atoms with E-state index < -0.39 is 0 Å². The number of amides is 1. The van der Waals surface area contributed by atoms with Gasteiger partial charge in [0.2, 0.25) is 5.91 Å². The third-order valence-corrected chi connectivity index (χ3v) is 4.64. The van der Waals surface area contributed by atoms with Crippen molar-refractivity contribution >= 4 is 22.9 Å². The minimum Gasteiger partial charge on any atom is -0.494 e. The molecule has 3 aromatic rings.